The number of hydrogen-bond donors (Lipinski definition) is 1. The molecule has 33 heavy (non-hydrogen) atoms. The molecule has 1 saturated carbocycles. The molecule has 1 fully saturated rings. The Bertz CT molecular complexity index is 1050. The third-order valence-corrected chi connectivity index (χ3v) is 6.48. The second-order valence-electron chi connectivity index (χ2n) is 8.19. The largest absolute Gasteiger partial charge is 0.496 e. The van der Waals surface area contributed by atoms with Crippen molar-refractivity contribution in [3.05, 3.63) is 77.6 Å². The fourth-order valence-electron chi connectivity index (χ4n) is 4.34. The predicted octanol–water partition coefficient (Wildman–Crippen LogP) is 4.38. The van der Waals surface area contributed by atoms with Crippen molar-refractivity contribution < 1.29 is 14.3 Å². The fourth-order valence-corrected chi connectivity index (χ4v) is 4.75. The van der Waals surface area contributed by atoms with Crippen molar-refractivity contribution in [2.24, 2.45) is 0 Å². The number of amides is 2. The van der Waals surface area contributed by atoms with Crippen molar-refractivity contribution in [3.63, 3.8) is 0 Å². The number of methoxy groups -OCH3 is 1. The van der Waals surface area contributed by atoms with Crippen LogP contribution in [0.1, 0.15) is 59.8 Å². The number of ether oxygens (including phenoxy) is 1. The summed E-state index contributed by atoms with van der Waals surface area (Å²) >= 11 is 0.971. The van der Waals surface area contributed by atoms with Crippen LogP contribution in [0.25, 0.3) is 0 Å². The summed E-state index contributed by atoms with van der Waals surface area (Å²) in [6.45, 7) is 0.192. The molecule has 0 spiro atoms. The number of hydrogen-bond acceptors (Lipinski definition) is 6. The molecule has 1 aromatic heterocycles. The summed E-state index contributed by atoms with van der Waals surface area (Å²) in [4.78, 5) is 28.9. The van der Waals surface area contributed by atoms with Crippen LogP contribution >= 0.6 is 11.7 Å². The molecular formula is C25H28N4O3S. The van der Waals surface area contributed by atoms with Gasteiger partial charge >= 0.3 is 0 Å². The molecule has 2 aromatic carbocycles. The molecule has 0 saturated heterocycles. The van der Waals surface area contributed by atoms with E-state index in [-0.39, 0.29) is 30.1 Å². The monoisotopic (exact) mass is 464 g/mol. The lowest BCUT2D eigenvalue weighted by molar-refractivity contribution is -0.127. The van der Waals surface area contributed by atoms with Gasteiger partial charge in [-0.2, -0.15) is 8.75 Å². The molecule has 1 aliphatic rings. The molecule has 7 nitrogen and oxygen atoms in total. The van der Waals surface area contributed by atoms with Gasteiger partial charge in [0.15, 0.2) is 5.69 Å². The van der Waals surface area contributed by atoms with Crippen LogP contribution in [0, 0.1) is 0 Å². The molecule has 1 aliphatic carbocycles. The Morgan fingerprint density at radius 2 is 1.82 bits per heavy atom. The highest BCUT2D eigenvalue weighted by molar-refractivity contribution is 6.99. The minimum atomic E-state index is -0.813. The van der Waals surface area contributed by atoms with E-state index in [1.54, 1.807) is 12.0 Å². The summed E-state index contributed by atoms with van der Waals surface area (Å²) in [6.07, 6.45) is 6.78. The van der Waals surface area contributed by atoms with Gasteiger partial charge in [0.2, 0.25) is 5.91 Å². The molecular weight excluding hydrogens is 436 g/mol. The maximum Gasteiger partial charge on any atom is 0.276 e. The van der Waals surface area contributed by atoms with Crippen molar-refractivity contribution in [3.8, 4) is 5.75 Å². The fraction of sp³-hybridized carbons (Fsp3) is 0.360. The number of benzene rings is 2. The number of nitrogens with zero attached hydrogens (tertiary/aromatic N) is 3. The highest BCUT2D eigenvalue weighted by Crippen LogP contribution is 2.29. The molecule has 0 bridgehead atoms. The van der Waals surface area contributed by atoms with Gasteiger partial charge in [-0.15, -0.1) is 0 Å². The van der Waals surface area contributed by atoms with Gasteiger partial charge in [0.05, 0.1) is 31.6 Å². The summed E-state index contributed by atoms with van der Waals surface area (Å²) in [7, 11) is 1.60. The van der Waals surface area contributed by atoms with Crippen LogP contribution < -0.4 is 10.1 Å². The lowest BCUT2D eigenvalue weighted by Crippen LogP contribution is -2.47. The first-order valence-corrected chi connectivity index (χ1v) is 12.0. The van der Waals surface area contributed by atoms with Gasteiger partial charge in [0, 0.05) is 11.6 Å². The summed E-state index contributed by atoms with van der Waals surface area (Å²) in [5.41, 5.74) is 1.78. The quantitative estimate of drug-likeness (QED) is 0.535. The van der Waals surface area contributed by atoms with Gasteiger partial charge in [-0.1, -0.05) is 67.8 Å². The summed E-state index contributed by atoms with van der Waals surface area (Å²) in [5.74, 6) is 0.132. The average Bonchev–Trinajstić information content (AvgIpc) is 3.40. The van der Waals surface area contributed by atoms with E-state index in [0.29, 0.717) is 5.75 Å². The summed E-state index contributed by atoms with van der Waals surface area (Å²) in [5, 5.41) is 3.21. The number of carbonyl (C=O) groups excluding carboxylic acids is 2. The number of aromatic nitrogens is 2. The van der Waals surface area contributed by atoms with Gasteiger partial charge in [0.25, 0.3) is 5.91 Å². The van der Waals surface area contributed by atoms with Crippen LogP contribution in [0.5, 0.6) is 5.75 Å². The number of para-hydroxylation sites is 1. The highest BCUT2D eigenvalue weighted by Gasteiger charge is 2.34. The third-order valence-electron chi connectivity index (χ3n) is 6.00. The minimum absolute atomic E-state index is 0.126. The first-order valence-electron chi connectivity index (χ1n) is 11.2. The van der Waals surface area contributed by atoms with Crippen molar-refractivity contribution in [2.75, 3.05) is 7.11 Å². The Labute approximate surface area is 198 Å². The van der Waals surface area contributed by atoms with Crippen LogP contribution in [-0.2, 0) is 11.3 Å². The van der Waals surface area contributed by atoms with E-state index in [1.165, 1.54) is 12.6 Å². The molecule has 4 rings (SSSR count). The maximum absolute atomic E-state index is 13.7. The van der Waals surface area contributed by atoms with E-state index in [0.717, 1.165) is 48.5 Å². The zero-order valence-electron chi connectivity index (χ0n) is 18.6. The van der Waals surface area contributed by atoms with E-state index in [2.05, 4.69) is 14.1 Å². The molecule has 172 valence electrons. The van der Waals surface area contributed by atoms with Crippen molar-refractivity contribution in [2.45, 2.75) is 50.7 Å². The predicted molar refractivity (Wildman–Crippen MR) is 127 cm³/mol. The Morgan fingerprint density at radius 1 is 1.09 bits per heavy atom. The van der Waals surface area contributed by atoms with E-state index < -0.39 is 6.04 Å². The third kappa shape index (κ3) is 5.57. The van der Waals surface area contributed by atoms with Gasteiger partial charge in [-0.25, -0.2) is 0 Å². The number of rotatable bonds is 8. The lowest BCUT2D eigenvalue weighted by atomic mass is 9.94. The smallest absolute Gasteiger partial charge is 0.276 e. The van der Waals surface area contributed by atoms with Gasteiger partial charge in [-0.3, -0.25) is 9.59 Å². The zero-order valence-corrected chi connectivity index (χ0v) is 19.5. The molecule has 0 aliphatic heterocycles. The summed E-state index contributed by atoms with van der Waals surface area (Å²) < 4.78 is 13.7. The first-order chi connectivity index (χ1) is 16.2. The number of carbonyl (C=O) groups is 2. The van der Waals surface area contributed by atoms with Crippen molar-refractivity contribution >= 4 is 23.5 Å². The second kappa shape index (κ2) is 11.0. The van der Waals surface area contributed by atoms with Gasteiger partial charge in [-0.05, 0) is 24.5 Å². The van der Waals surface area contributed by atoms with Crippen LogP contribution in [0.2, 0.25) is 0 Å². The minimum Gasteiger partial charge on any atom is -0.496 e. The van der Waals surface area contributed by atoms with Crippen LogP contribution in [-0.4, -0.2) is 38.6 Å². The van der Waals surface area contributed by atoms with E-state index in [9.17, 15) is 9.59 Å². The average molecular weight is 465 g/mol. The number of nitrogens with one attached hydrogen (secondary N) is 1. The molecule has 8 heteroatoms. The topological polar surface area (TPSA) is 84.4 Å². The first kappa shape index (κ1) is 22.9. The SMILES string of the molecule is COc1ccccc1CN(C(=O)c1cnsn1)C(C(=O)NC1CCCCC1)c1ccccc1. The van der Waals surface area contributed by atoms with Crippen LogP contribution in [0.4, 0.5) is 0 Å². The molecule has 2 amide bonds. The van der Waals surface area contributed by atoms with Crippen molar-refractivity contribution in [1.82, 2.24) is 19.0 Å². The van der Waals surface area contributed by atoms with Crippen LogP contribution in [0.15, 0.2) is 60.8 Å². The second-order valence-corrected chi connectivity index (χ2v) is 8.75. The zero-order chi connectivity index (χ0) is 23.0. The normalized spacial score (nSPS) is 14.9. The van der Waals surface area contributed by atoms with E-state index >= 15 is 0 Å². The molecule has 3 aromatic rings. The van der Waals surface area contributed by atoms with Gasteiger partial charge < -0.3 is 15.0 Å². The van der Waals surface area contributed by atoms with E-state index in [4.69, 9.17) is 4.74 Å². The Hall–Kier alpha value is -3.26. The van der Waals surface area contributed by atoms with Crippen molar-refractivity contribution in [1.29, 1.82) is 0 Å². The Kier molecular flexibility index (Phi) is 7.67. The molecule has 1 atom stereocenters. The molecule has 1 unspecified atom stereocenters. The lowest BCUT2D eigenvalue weighted by Gasteiger charge is -2.33. The van der Waals surface area contributed by atoms with Gasteiger partial charge in [0.1, 0.15) is 11.8 Å². The highest BCUT2D eigenvalue weighted by atomic mass is 32.1. The summed E-state index contributed by atoms with van der Waals surface area (Å²) in [6, 6.07) is 16.3. The standard InChI is InChI=1S/C25H28N4O3S/c1-32-22-15-9-8-12-19(22)17-29(25(31)21-16-26-33-28-21)23(18-10-4-2-5-11-18)24(30)27-20-13-6-3-7-14-20/h2,4-5,8-12,15-16,20,23H,3,6-7,13-14,17H2,1H3,(H,27,30). The molecule has 1 N–H and O–H groups in total. The Morgan fingerprint density at radius 3 is 2.52 bits per heavy atom. The Balaban J connectivity index is 1.73. The molecule has 1 heterocycles. The van der Waals surface area contributed by atoms with Crippen LogP contribution in [0.3, 0.4) is 0 Å². The maximum atomic E-state index is 13.7. The van der Waals surface area contributed by atoms with E-state index in [1.807, 2.05) is 54.6 Å². The molecule has 0 radical (unpaired) electrons.